The van der Waals surface area contributed by atoms with Crippen molar-refractivity contribution in [3.05, 3.63) is 86.8 Å². The van der Waals surface area contributed by atoms with E-state index in [4.69, 9.17) is 0 Å². The monoisotopic (exact) mass is 444 g/mol. The molecule has 164 valence electrons. The summed E-state index contributed by atoms with van der Waals surface area (Å²) in [6.07, 6.45) is 5.11. The Balaban J connectivity index is 1.38. The van der Waals surface area contributed by atoms with Crippen molar-refractivity contribution in [2.75, 3.05) is 18.4 Å². The minimum absolute atomic E-state index is 0.0321. The predicted molar refractivity (Wildman–Crippen MR) is 130 cm³/mol. The standard InChI is InChI=1S/C27H28N2O2S/c1-18-8-2-5-11-21(18)26(31)25-22-12-6-7-13-23(22)32-27(25)28-24(30)17-29-15-14-19-9-3-4-10-20(19)16-29/h2-5,8-11H,6-7,12-17H2,1H3,(H,28,30). The molecule has 0 fully saturated rings. The molecule has 0 bridgehead atoms. The Morgan fingerprint density at radius 2 is 1.72 bits per heavy atom. The second-order valence-electron chi connectivity index (χ2n) is 8.84. The topological polar surface area (TPSA) is 49.4 Å². The average Bonchev–Trinajstić information content (AvgIpc) is 3.16. The van der Waals surface area contributed by atoms with Gasteiger partial charge in [0.2, 0.25) is 5.91 Å². The summed E-state index contributed by atoms with van der Waals surface area (Å²) in [4.78, 5) is 30.0. The molecular weight excluding hydrogens is 416 g/mol. The SMILES string of the molecule is Cc1ccccc1C(=O)c1c(NC(=O)CN2CCc3ccccc3C2)sc2c1CCCC2. The molecule has 1 aliphatic carbocycles. The number of hydrogen-bond acceptors (Lipinski definition) is 4. The van der Waals surface area contributed by atoms with Crippen LogP contribution in [0, 0.1) is 6.92 Å². The number of thiophene rings is 1. The molecule has 0 atom stereocenters. The summed E-state index contributed by atoms with van der Waals surface area (Å²) < 4.78 is 0. The first kappa shape index (κ1) is 21.1. The maximum Gasteiger partial charge on any atom is 0.239 e. The van der Waals surface area contributed by atoms with Crippen LogP contribution in [0.3, 0.4) is 0 Å². The molecule has 0 unspecified atom stereocenters. The molecule has 0 radical (unpaired) electrons. The van der Waals surface area contributed by atoms with Gasteiger partial charge in [-0.1, -0.05) is 48.5 Å². The average molecular weight is 445 g/mol. The van der Waals surface area contributed by atoms with Crippen molar-refractivity contribution in [3.8, 4) is 0 Å². The first-order chi connectivity index (χ1) is 15.6. The Morgan fingerprint density at radius 3 is 2.56 bits per heavy atom. The summed E-state index contributed by atoms with van der Waals surface area (Å²) in [5, 5.41) is 3.86. The van der Waals surface area contributed by atoms with Gasteiger partial charge in [-0.15, -0.1) is 11.3 Å². The first-order valence-electron chi connectivity index (χ1n) is 11.4. The van der Waals surface area contributed by atoms with Crippen LogP contribution in [0.1, 0.15) is 55.9 Å². The van der Waals surface area contributed by atoms with Crippen LogP contribution in [-0.2, 0) is 30.6 Å². The van der Waals surface area contributed by atoms with E-state index in [1.807, 2.05) is 31.2 Å². The Labute approximate surface area is 193 Å². The maximum absolute atomic E-state index is 13.6. The minimum Gasteiger partial charge on any atom is -0.316 e. The molecule has 2 heterocycles. The Morgan fingerprint density at radius 1 is 0.969 bits per heavy atom. The van der Waals surface area contributed by atoms with E-state index in [-0.39, 0.29) is 11.7 Å². The molecule has 5 heteroatoms. The van der Waals surface area contributed by atoms with Crippen LogP contribution in [0.5, 0.6) is 0 Å². The third-order valence-electron chi connectivity index (χ3n) is 6.62. The summed E-state index contributed by atoms with van der Waals surface area (Å²) in [5.41, 5.74) is 6.24. The first-order valence-corrected chi connectivity index (χ1v) is 12.3. The van der Waals surface area contributed by atoms with Crippen LogP contribution in [0.15, 0.2) is 48.5 Å². The van der Waals surface area contributed by atoms with Crippen LogP contribution >= 0.6 is 11.3 Å². The summed E-state index contributed by atoms with van der Waals surface area (Å²) >= 11 is 1.60. The maximum atomic E-state index is 13.6. The van der Waals surface area contributed by atoms with Gasteiger partial charge >= 0.3 is 0 Å². The minimum atomic E-state index is -0.0400. The number of hydrogen-bond donors (Lipinski definition) is 1. The number of benzene rings is 2. The number of fused-ring (bicyclic) bond motifs is 2. The van der Waals surface area contributed by atoms with Gasteiger partial charge in [0.1, 0.15) is 5.00 Å². The Hall–Kier alpha value is -2.76. The molecular formula is C27H28N2O2S. The third-order valence-corrected chi connectivity index (χ3v) is 7.83. The van der Waals surface area contributed by atoms with Gasteiger partial charge in [-0.05, 0) is 61.3 Å². The number of aryl methyl sites for hydroxylation is 2. The van der Waals surface area contributed by atoms with Gasteiger partial charge in [-0.2, -0.15) is 0 Å². The number of anilines is 1. The van der Waals surface area contributed by atoms with E-state index in [2.05, 4.69) is 34.5 Å². The highest BCUT2D eigenvalue weighted by Crippen LogP contribution is 2.39. The number of amides is 1. The number of carbonyl (C=O) groups is 2. The molecule has 3 aromatic rings. The number of rotatable bonds is 5. The zero-order valence-corrected chi connectivity index (χ0v) is 19.3. The van der Waals surface area contributed by atoms with E-state index in [0.29, 0.717) is 6.54 Å². The normalized spacial score (nSPS) is 15.7. The molecule has 1 aliphatic heterocycles. The summed E-state index contributed by atoms with van der Waals surface area (Å²) in [6.45, 7) is 3.98. The lowest BCUT2D eigenvalue weighted by Gasteiger charge is -2.28. The second kappa shape index (κ2) is 9.00. The molecule has 0 saturated carbocycles. The molecule has 0 spiro atoms. The molecule has 32 heavy (non-hydrogen) atoms. The lowest BCUT2D eigenvalue weighted by molar-refractivity contribution is -0.117. The molecule has 1 aromatic heterocycles. The van der Waals surface area contributed by atoms with Crippen LogP contribution in [0.4, 0.5) is 5.00 Å². The smallest absolute Gasteiger partial charge is 0.239 e. The van der Waals surface area contributed by atoms with E-state index < -0.39 is 0 Å². The Kier molecular flexibility index (Phi) is 5.94. The number of carbonyl (C=O) groups excluding carboxylic acids is 2. The lowest BCUT2D eigenvalue weighted by Crippen LogP contribution is -2.37. The third kappa shape index (κ3) is 4.15. The molecule has 0 saturated heterocycles. The van der Waals surface area contributed by atoms with Gasteiger partial charge in [-0.25, -0.2) is 0 Å². The lowest BCUT2D eigenvalue weighted by atomic mass is 9.91. The second-order valence-corrected chi connectivity index (χ2v) is 9.94. The molecule has 1 amide bonds. The van der Waals surface area contributed by atoms with Crippen molar-refractivity contribution in [2.24, 2.45) is 0 Å². The van der Waals surface area contributed by atoms with Crippen LogP contribution < -0.4 is 5.32 Å². The van der Waals surface area contributed by atoms with Crippen molar-refractivity contribution >= 4 is 28.0 Å². The van der Waals surface area contributed by atoms with Gasteiger partial charge in [0.15, 0.2) is 5.78 Å². The van der Waals surface area contributed by atoms with Gasteiger partial charge in [0.05, 0.1) is 12.1 Å². The van der Waals surface area contributed by atoms with Gasteiger partial charge in [0, 0.05) is 23.5 Å². The predicted octanol–water partition coefficient (Wildman–Crippen LogP) is 5.16. The number of nitrogens with one attached hydrogen (secondary N) is 1. The van der Waals surface area contributed by atoms with E-state index in [1.165, 1.54) is 16.0 Å². The van der Waals surface area contributed by atoms with Gasteiger partial charge in [0.25, 0.3) is 0 Å². The molecule has 2 aliphatic rings. The molecule has 4 nitrogen and oxygen atoms in total. The Bertz CT molecular complexity index is 1180. The van der Waals surface area contributed by atoms with E-state index in [1.54, 1.807) is 11.3 Å². The van der Waals surface area contributed by atoms with Gasteiger partial charge < -0.3 is 5.32 Å². The van der Waals surface area contributed by atoms with Crippen LogP contribution in [0.2, 0.25) is 0 Å². The largest absolute Gasteiger partial charge is 0.316 e. The highest BCUT2D eigenvalue weighted by atomic mass is 32.1. The van der Waals surface area contributed by atoms with E-state index in [9.17, 15) is 9.59 Å². The van der Waals surface area contributed by atoms with Crippen molar-refractivity contribution in [1.29, 1.82) is 0 Å². The van der Waals surface area contributed by atoms with Crippen LogP contribution in [-0.4, -0.2) is 29.7 Å². The van der Waals surface area contributed by atoms with E-state index >= 15 is 0 Å². The van der Waals surface area contributed by atoms with Crippen molar-refractivity contribution in [1.82, 2.24) is 4.90 Å². The summed E-state index contributed by atoms with van der Waals surface area (Å²) in [5.74, 6) is -0.00786. The molecule has 5 rings (SSSR count). The fourth-order valence-electron chi connectivity index (χ4n) is 4.91. The number of nitrogens with zero attached hydrogens (tertiary/aromatic N) is 1. The van der Waals surface area contributed by atoms with Crippen molar-refractivity contribution in [2.45, 2.75) is 45.6 Å². The fraction of sp³-hybridized carbons (Fsp3) is 0.333. The van der Waals surface area contributed by atoms with E-state index in [0.717, 1.165) is 72.4 Å². The summed E-state index contributed by atoms with van der Waals surface area (Å²) in [6, 6.07) is 16.2. The molecule has 1 N–H and O–H groups in total. The summed E-state index contributed by atoms with van der Waals surface area (Å²) in [7, 11) is 0. The zero-order chi connectivity index (χ0) is 22.1. The fourth-order valence-corrected chi connectivity index (χ4v) is 6.22. The highest BCUT2D eigenvalue weighted by molar-refractivity contribution is 7.17. The quantitative estimate of drug-likeness (QED) is 0.553. The van der Waals surface area contributed by atoms with Crippen LogP contribution in [0.25, 0.3) is 0 Å². The zero-order valence-electron chi connectivity index (χ0n) is 18.4. The highest BCUT2D eigenvalue weighted by Gasteiger charge is 2.28. The van der Waals surface area contributed by atoms with Gasteiger partial charge in [-0.3, -0.25) is 14.5 Å². The van der Waals surface area contributed by atoms with Crippen molar-refractivity contribution in [3.63, 3.8) is 0 Å². The number of ketones is 1. The van der Waals surface area contributed by atoms with Crippen molar-refractivity contribution < 1.29 is 9.59 Å². The molecule has 2 aromatic carbocycles.